The lowest BCUT2D eigenvalue weighted by Crippen LogP contribution is -2.32. The fourth-order valence-electron chi connectivity index (χ4n) is 2.70. The third-order valence-corrected chi connectivity index (χ3v) is 3.72. The van der Waals surface area contributed by atoms with Crippen LogP contribution >= 0.6 is 0 Å². The highest BCUT2D eigenvalue weighted by molar-refractivity contribution is 5.30. The molecular formula is C14H21FN2. The number of benzene rings is 1. The Morgan fingerprint density at radius 3 is 2.88 bits per heavy atom. The third kappa shape index (κ3) is 2.67. The molecule has 1 saturated heterocycles. The smallest absolute Gasteiger partial charge is 0.123 e. The van der Waals surface area contributed by atoms with Crippen LogP contribution in [0.15, 0.2) is 18.2 Å². The highest BCUT2D eigenvalue weighted by Gasteiger charge is 2.27. The molecule has 2 N–H and O–H groups in total. The fourth-order valence-corrected chi connectivity index (χ4v) is 2.70. The molecule has 0 aromatic heterocycles. The van der Waals surface area contributed by atoms with Crippen molar-refractivity contribution in [1.29, 1.82) is 0 Å². The van der Waals surface area contributed by atoms with Crippen LogP contribution in [0.1, 0.15) is 30.5 Å². The molecule has 2 unspecified atom stereocenters. The molecule has 2 atom stereocenters. The summed E-state index contributed by atoms with van der Waals surface area (Å²) in [4.78, 5) is 2.38. The molecule has 1 aromatic rings. The van der Waals surface area contributed by atoms with Gasteiger partial charge >= 0.3 is 0 Å². The molecule has 1 fully saturated rings. The summed E-state index contributed by atoms with van der Waals surface area (Å²) in [7, 11) is 0. The summed E-state index contributed by atoms with van der Waals surface area (Å²) in [5.74, 6) is 0.550. The standard InChI is InChI=1S/C14H21FN2/c1-10-5-6-17(9-10)14(8-16)13-7-12(15)4-3-11(13)2/h3-4,7,10,14H,5-6,8-9,16H2,1-2H3. The zero-order valence-corrected chi connectivity index (χ0v) is 10.6. The molecule has 1 heterocycles. The van der Waals surface area contributed by atoms with Crippen molar-refractivity contribution in [3.8, 4) is 0 Å². The molecule has 0 radical (unpaired) electrons. The van der Waals surface area contributed by atoms with Gasteiger partial charge in [0, 0.05) is 19.1 Å². The van der Waals surface area contributed by atoms with E-state index < -0.39 is 0 Å². The maximum Gasteiger partial charge on any atom is 0.123 e. The Bertz CT molecular complexity index is 392. The highest BCUT2D eigenvalue weighted by atomic mass is 19.1. The van der Waals surface area contributed by atoms with Crippen LogP contribution < -0.4 is 5.73 Å². The van der Waals surface area contributed by atoms with Crippen LogP contribution in [0.25, 0.3) is 0 Å². The van der Waals surface area contributed by atoms with Crippen LogP contribution in [0.5, 0.6) is 0 Å². The Morgan fingerprint density at radius 1 is 1.53 bits per heavy atom. The van der Waals surface area contributed by atoms with Crippen LogP contribution in [0, 0.1) is 18.7 Å². The van der Waals surface area contributed by atoms with E-state index in [1.165, 1.54) is 12.5 Å². The summed E-state index contributed by atoms with van der Waals surface area (Å²) < 4.78 is 13.3. The van der Waals surface area contributed by atoms with E-state index in [0.717, 1.165) is 30.1 Å². The van der Waals surface area contributed by atoms with Crippen molar-refractivity contribution in [1.82, 2.24) is 4.90 Å². The molecule has 0 aliphatic carbocycles. The van der Waals surface area contributed by atoms with E-state index in [0.29, 0.717) is 6.54 Å². The molecule has 1 aliphatic rings. The van der Waals surface area contributed by atoms with Crippen LogP contribution in [-0.4, -0.2) is 24.5 Å². The SMILES string of the molecule is Cc1ccc(F)cc1C(CN)N1CCC(C)C1. The molecule has 2 rings (SSSR count). The first kappa shape index (κ1) is 12.5. The summed E-state index contributed by atoms with van der Waals surface area (Å²) in [5, 5.41) is 0. The second-order valence-corrected chi connectivity index (χ2v) is 5.14. The summed E-state index contributed by atoms with van der Waals surface area (Å²) >= 11 is 0. The quantitative estimate of drug-likeness (QED) is 0.873. The van der Waals surface area contributed by atoms with Crippen molar-refractivity contribution in [3.05, 3.63) is 35.1 Å². The average molecular weight is 236 g/mol. The van der Waals surface area contributed by atoms with Crippen LogP contribution in [0.3, 0.4) is 0 Å². The fraction of sp³-hybridized carbons (Fsp3) is 0.571. The van der Waals surface area contributed by atoms with Gasteiger partial charge in [0.25, 0.3) is 0 Å². The van der Waals surface area contributed by atoms with E-state index in [1.807, 2.05) is 13.0 Å². The first-order valence-corrected chi connectivity index (χ1v) is 6.32. The van der Waals surface area contributed by atoms with E-state index in [2.05, 4.69) is 11.8 Å². The van der Waals surface area contributed by atoms with Crippen molar-refractivity contribution in [3.63, 3.8) is 0 Å². The van der Waals surface area contributed by atoms with Gasteiger partial charge in [-0.3, -0.25) is 4.90 Å². The Kier molecular flexibility index (Phi) is 3.79. The molecule has 17 heavy (non-hydrogen) atoms. The minimum absolute atomic E-state index is 0.163. The minimum atomic E-state index is -0.170. The predicted octanol–water partition coefficient (Wildman–Crippen LogP) is 2.48. The lowest BCUT2D eigenvalue weighted by Gasteiger charge is -2.28. The van der Waals surface area contributed by atoms with E-state index in [1.54, 1.807) is 6.07 Å². The maximum absolute atomic E-state index is 13.3. The predicted molar refractivity (Wildman–Crippen MR) is 68.3 cm³/mol. The van der Waals surface area contributed by atoms with Gasteiger partial charge in [-0.05, 0) is 49.1 Å². The Morgan fingerprint density at radius 2 is 2.29 bits per heavy atom. The topological polar surface area (TPSA) is 29.3 Å². The third-order valence-electron chi connectivity index (χ3n) is 3.72. The van der Waals surface area contributed by atoms with Crippen molar-refractivity contribution >= 4 is 0 Å². The van der Waals surface area contributed by atoms with Gasteiger partial charge in [-0.2, -0.15) is 0 Å². The lowest BCUT2D eigenvalue weighted by molar-refractivity contribution is 0.242. The first-order chi connectivity index (χ1) is 8.11. The molecule has 1 aromatic carbocycles. The lowest BCUT2D eigenvalue weighted by atomic mass is 10.00. The molecule has 3 heteroatoms. The zero-order chi connectivity index (χ0) is 12.4. The summed E-state index contributed by atoms with van der Waals surface area (Å²) in [6.07, 6.45) is 1.21. The monoisotopic (exact) mass is 236 g/mol. The zero-order valence-electron chi connectivity index (χ0n) is 10.6. The van der Waals surface area contributed by atoms with Gasteiger partial charge < -0.3 is 5.73 Å². The summed E-state index contributed by atoms with van der Waals surface area (Å²) in [6.45, 7) is 6.97. The van der Waals surface area contributed by atoms with Crippen molar-refractivity contribution < 1.29 is 4.39 Å². The van der Waals surface area contributed by atoms with Gasteiger partial charge in [-0.25, -0.2) is 4.39 Å². The minimum Gasteiger partial charge on any atom is -0.329 e. The number of likely N-dealkylation sites (tertiary alicyclic amines) is 1. The molecule has 0 amide bonds. The Hall–Kier alpha value is -0.930. The van der Waals surface area contributed by atoms with Crippen molar-refractivity contribution in [2.24, 2.45) is 11.7 Å². The van der Waals surface area contributed by atoms with Crippen LogP contribution in [0.2, 0.25) is 0 Å². The number of nitrogens with two attached hydrogens (primary N) is 1. The number of nitrogens with zero attached hydrogens (tertiary/aromatic N) is 1. The highest BCUT2D eigenvalue weighted by Crippen LogP contribution is 2.29. The van der Waals surface area contributed by atoms with Gasteiger partial charge in [0.1, 0.15) is 5.82 Å². The maximum atomic E-state index is 13.3. The number of hydrogen-bond donors (Lipinski definition) is 1. The molecular weight excluding hydrogens is 215 g/mol. The summed E-state index contributed by atoms with van der Waals surface area (Å²) in [6, 6.07) is 5.15. The number of aryl methyl sites for hydroxylation is 1. The average Bonchev–Trinajstić information content (AvgIpc) is 2.71. The summed E-state index contributed by atoms with van der Waals surface area (Å²) in [5.41, 5.74) is 8.05. The van der Waals surface area contributed by atoms with Gasteiger partial charge in [0.05, 0.1) is 0 Å². The molecule has 0 spiro atoms. The van der Waals surface area contributed by atoms with Crippen LogP contribution in [0.4, 0.5) is 4.39 Å². The van der Waals surface area contributed by atoms with E-state index in [4.69, 9.17) is 5.73 Å². The first-order valence-electron chi connectivity index (χ1n) is 6.32. The number of hydrogen-bond acceptors (Lipinski definition) is 2. The Balaban J connectivity index is 2.25. The largest absolute Gasteiger partial charge is 0.329 e. The van der Waals surface area contributed by atoms with Gasteiger partial charge in [0.15, 0.2) is 0 Å². The second-order valence-electron chi connectivity index (χ2n) is 5.14. The number of halogens is 1. The van der Waals surface area contributed by atoms with Gasteiger partial charge in [-0.15, -0.1) is 0 Å². The second kappa shape index (κ2) is 5.15. The van der Waals surface area contributed by atoms with Crippen molar-refractivity contribution in [2.45, 2.75) is 26.3 Å². The van der Waals surface area contributed by atoms with E-state index >= 15 is 0 Å². The number of rotatable bonds is 3. The van der Waals surface area contributed by atoms with Gasteiger partial charge in [-0.1, -0.05) is 13.0 Å². The molecule has 1 aliphatic heterocycles. The van der Waals surface area contributed by atoms with Crippen molar-refractivity contribution in [2.75, 3.05) is 19.6 Å². The molecule has 0 saturated carbocycles. The van der Waals surface area contributed by atoms with E-state index in [-0.39, 0.29) is 11.9 Å². The van der Waals surface area contributed by atoms with E-state index in [9.17, 15) is 4.39 Å². The normalized spacial score (nSPS) is 22.9. The molecule has 94 valence electrons. The Labute approximate surface area is 103 Å². The van der Waals surface area contributed by atoms with Gasteiger partial charge in [0.2, 0.25) is 0 Å². The van der Waals surface area contributed by atoms with Crippen LogP contribution in [-0.2, 0) is 0 Å². The molecule has 2 nitrogen and oxygen atoms in total. The molecule has 0 bridgehead atoms.